The van der Waals surface area contributed by atoms with Crippen LogP contribution in [-0.2, 0) is 9.47 Å². The number of ether oxygens (including phenoxy) is 2. The quantitative estimate of drug-likeness (QED) is 0.614. The zero-order valence-electron chi connectivity index (χ0n) is 11.1. The molecular weight excluding hydrogens is 248 g/mol. The monoisotopic (exact) mass is 266 g/mol. The van der Waals surface area contributed by atoms with Crippen LogP contribution in [0.5, 0.6) is 0 Å². The summed E-state index contributed by atoms with van der Waals surface area (Å²) in [4.78, 5) is 12.7. The third-order valence-corrected chi connectivity index (χ3v) is 3.10. The summed E-state index contributed by atoms with van der Waals surface area (Å²) < 4.78 is 10.8. The van der Waals surface area contributed by atoms with Crippen molar-refractivity contribution in [3.05, 3.63) is 34.4 Å². The molecule has 2 unspecified atom stereocenters. The standard InChI is InChI=1S/C13H18N2O4/c1-10-7-14(8-11(19-10)9-18-2)12-5-3-4-6-13(12)15(16)17/h3-6,10-11H,7-9H2,1-2H3. The van der Waals surface area contributed by atoms with Crippen LogP contribution < -0.4 is 4.90 Å². The van der Waals surface area contributed by atoms with E-state index in [4.69, 9.17) is 9.47 Å². The van der Waals surface area contributed by atoms with Crippen molar-refractivity contribution in [2.24, 2.45) is 0 Å². The number of methoxy groups -OCH3 is 1. The van der Waals surface area contributed by atoms with Crippen molar-refractivity contribution in [3.8, 4) is 0 Å². The van der Waals surface area contributed by atoms with E-state index in [1.165, 1.54) is 6.07 Å². The molecule has 0 saturated carbocycles. The third kappa shape index (κ3) is 3.21. The summed E-state index contributed by atoms with van der Waals surface area (Å²) in [5.74, 6) is 0. The molecule has 6 nitrogen and oxygen atoms in total. The molecule has 1 aromatic carbocycles. The maximum atomic E-state index is 11.1. The molecule has 6 heteroatoms. The van der Waals surface area contributed by atoms with Gasteiger partial charge in [-0.2, -0.15) is 0 Å². The number of benzene rings is 1. The fraction of sp³-hybridized carbons (Fsp3) is 0.538. The molecule has 1 aliphatic rings. The lowest BCUT2D eigenvalue weighted by molar-refractivity contribution is -0.384. The highest BCUT2D eigenvalue weighted by molar-refractivity contribution is 5.63. The van der Waals surface area contributed by atoms with Crippen LogP contribution in [0.3, 0.4) is 0 Å². The fourth-order valence-corrected chi connectivity index (χ4v) is 2.41. The molecule has 1 aromatic rings. The van der Waals surface area contributed by atoms with E-state index in [0.29, 0.717) is 25.4 Å². The Bertz CT molecular complexity index is 452. The molecule has 0 bridgehead atoms. The van der Waals surface area contributed by atoms with Gasteiger partial charge in [0.05, 0.1) is 23.7 Å². The molecule has 1 aliphatic heterocycles. The van der Waals surface area contributed by atoms with Crippen LogP contribution >= 0.6 is 0 Å². The van der Waals surface area contributed by atoms with E-state index in [0.717, 1.165) is 0 Å². The molecule has 1 saturated heterocycles. The van der Waals surface area contributed by atoms with Crippen molar-refractivity contribution in [3.63, 3.8) is 0 Å². The van der Waals surface area contributed by atoms with Gasteiger partial charge < -0.3 is 14.4 Å². The topological polar surface area (TPSA) is 64.8 Å². The van der Waals surface area contributed by atoms with Crippen LogP contribution in [0, 0.1) is 10.1 Å². The molecule has 2 rings (SSSR count). The zero-order valence-corrected chi connectivity index (χ0v) is 11.1. The Morgan fingerprint density at radius 3 is 2.89 bits per heavy atom. The lowest BCUT2D eigenvalue weighted by Crippen LogP contribution is -2.48. The zero-order chi connectivity index (χ0) is 13.8. The predicted molar refractivity (Wildman–Crippen MR) is 71.5 cm³/mol. The van der Waals surface area contributed by atoms with Gasteiger partial charge in [0.25, 0.3) is 5.69 Å². The molecule has 104 valence electrons. The van der Waals surface area contributed by atoms with Gasteiger partial charge in [-0.1, -0.05) is 12.1 Å². The summed E-state index contributed by atoms with van der Waals surface area (Å²) in [6.07, 6.45) is -0.0396. The number of hydrogen-bond acceptors (Lipinski definition) is 5. The van der Waals surface area contributed by atoms with Gasteiger partial charge in [0.15, 0.2) is 0 Å². The van der Waals surface area contributed by atoms with Crippen LogP contribution in [0.25, 0.3) is 0 Å². The van der Waals surface area contributed by atoms with E-state index < -0.39 is 0 Å². The highest BCUT2D eigenvalue weighted by Gasteiger charge is 2.28. The molecule has 1 heterocycles. The average Bonchev–Trinajstić information content (AvgIpc) is 2.38. The Kier molecular flexibility index (Phi) is 4.34. The largest absolute Gasteiger partial charge is 0.382 e. The molecule has 0 radical (unpaired) electrons. The molecule has 0 N–H and O–H groups in total. The van der Waals surface area contributed by atoms with Crippen LogP contribution in [0.4, 0.5) is 11.4 Å². The first-order valence-electron chi connectivity index (χ1n) is 6.24. The Morgan fingerprint density at radius 1 is 1.47 bits per heavy atom. The van der Waals surface area contributed by atoms with Gasteiger partial charge in [-0.3, -0.25) is 10.1 Å². The third-order valence-electron chi connectivity index (χ3n) is 3.10. The Labute approximate surface area is 112 Å². The number of nitro benzene ring substituents is 1. The van der Waals surface area contributed by atoms with Crippen molar-refractivity contribution >= 4 is 11.4 Å². The number of para-hydroxylation sites is 2. The maximum absolute atomic E-state index is 11.1. The minimum Gasteiger partial charge on any atom is -0.382 e. The number of nitro groups is 1. The molecule has 0 aromatic heterocycles. The Balaban J connectivity index is 2.23. The first kappa shape index (κ1) is 13.8. The average molecular weight is 266 g/mol. The van der Waals surface area contributed by atoms with Gasteiger partial charge in [-0.15, -0.1) is 0 Å². The Hall–Kier alpha value is -1.66. The van der Waals surface area contributed by atoms with E-state index >= 15 is 0 Å². The van der Waals surface area contributed by atoms with Gasteiger partial charge in [0.1, 0.15) is 5.69 Å². The summed E-state index contributed by atoms with van der Waals surface area (Å²) in [6, 6.07) is 6.80. The second-order valence-corrected chi connectivity index (χ2v) is 4.67. The van der Waals surface area contributed by atoms with Gasteiger partial charge in [0, 0.05) is 26.3 Å². The summed E-state index contributed by atoms with van der Waals surface area (Å²) in [5.41, 5.74) is 0.775. The SMILES string of the molecule is COCC1CN(c2ccccc2[N+](=O)[O-])CC(C)O1. The van der Waals surface area contributed by atoms with Gasteiger partial charge in [-0.25, -0.2) is 0 Å². The summed E-state index contributed by atoms with van der Waals surface area (Å²) in [7, 11) is 1.62. The van der Waals surface area contributed by atoms with Crippen molar-refractivity contribution in [1.82, 2.24) is 0 Å². The van der Waals surface area contributed by atoms with Crippen molar-refractivity contribution in [2.45, 2.75) is 19.1 Å². The number of rotatable bonds is 4. The molecular formula is C13H18N2O4. The highest BCUT2D eigenvalue weighted by atomic mass is 16.6. The number of hydrogen-bond donors (Lipinski definition) is 0. The van der Waals surface area contributed by atoms with Crippen LogP contribution in [0.2, 0.25) is 0 Å². The van der Waals surface area contributed by atoms with Gasteiger partial charge in [-0.05, 0) is 13.0 Å². The summed E-state index contributed by atoms with van der Waals surface area (Å²) >= 11 is 0. The van der Waals surface area contributed by atoms with Crippen molar-refractivity contribution < 1.29 is 14.4 Å². The maximum Gasteiger partial charge on any atom is 0.292 e. The molecule has 0 spiro atoms. The molecule has 0 aliphatic carbocycles. The van der Waals surface area contributed by atoms with E-state index in [9.17, 15) is 10.1 Å². The molecule has 19 heavy (non-hydrogen) atoms. The smallest absolute Gasteiger partial charge is 0.292 e. The van der Waals surface area contributed by atoms with Crippen molar-refractivity contribution in [2.75, 3.05) is 31.7 Å². The predicted octanol–water partition coefficient (Wildman–Crippen LogP) is 1.83. The second-order valence-electron chi connectivity index (χ2n) is 4.67. The van der Waals surface area contributed by atoms with Crippen molar-refractivity contribution in [1.29, 1.82) is 0 Å². The molecule has 1 fully saturated rings. The Morgan fingerprint density at radius 2 is 2.21 bits per heavy atom. The van der Waals surface area contributed by atoms with E-state index in [2.05, 4.69) is 0 Å². The van der Waals surface area contributed by atoms with Crippen LogP contribution in [-0.4, -0.2) is 43.9 Å². The van der Waals surface area contributed by atoms with E-state index in [1.54, 1.807) is 19.2 Å². The number of nitrogens with zero attached hydrogens (tertiary/aromatic N) is 2. The highest BCUT2D eigenvalue weighted by Crippen LogP contribution is 2.29. The minimum absolute atomic E-state index is 0.0220. The fourth-order valence-electron chi connectivity index (χ4n) is 2.41. The summed E-state index contributed by atoms with van der Waals surface area (Å²) in [5, 5.41) is 11.1. The van der Waals surface area contributed by atoms with Crippen LogP contribution in [0.1, 0.15) is 6.92 Å². The first-order valence-corrected chi connectivity index (χ1v) is 6.24. The van der Waals surface area contributed by atoms with E-state index in [1.807, 2.05) is 17.9 Å². The van der Waals surface area contributed by atoms with E-state index in [-0.39, 0.29) is 22.8 Å². The lowest BCUT2D eigenvalue weighted by atomic mass is 10.1. The minimum atomic E-state index is -0.346. The van der Waals surface area contributed by atoms with Gasteiger partial charge in [0.2, 0.25) is 0 Å². The second kappa shape index (κ2) is 5.99. The lowest BCUT2D eigenvalue weighted by Gasteiger charge is -2.37. The normalized spacial score (nSPS) is 23.4. The first-order chi connectivity index (χ1) is 9.11. The van der Waals surface area contributed by atoms with Crippen LogP contribution in [0.15, 0.2) is 24.3 Å². The molecule has 2 atom stereocenters. The number of anilines is 1. The molecule has 0 amide bonds. The number of morpholine rings is 1. The van der Waals surface area contributed by atoms with Gasteiger partial charge >= 0.3 is 0 Å². The summed E-state index contributed by atoms with van der Waals surface area (Å²) in [6.45, 7) is 3.69.